The molecule has 4 nitrogen and oxygen atoms in total. The Kier molecular flexibility index (Phi) is 5.48. The first kappa shape index (κ1) is 15.4. The van der Waals surface area contributed by atoms with E-state index in [-0.39, 0.29) is 0 Å². The molecule has 2 rings (SSSR count). The topological polar surface area (TPSA) is 50.7 Å². The summed E-state index contributed by atoms with van der Waals surface area (Å²) in [6.07, 6.45) is 2.71. The molecular formula is C14H19BrN4S. The van der Waals surface area contributed by atoms with Gasteiger partial charge < -0.3 is 5.32 Å². The van der Waals surface area contributed by atoms with E-state index < -0.39 is 0 Å². The van der Waals surface area contributed by atoms with Crippen LogP contribution in [0.4, 0.5) is 5.82 Å². The average molecular weight is 355 g/mol. The van der Waals surface area contributed by atoms with Crippen LogP contribution < -0.4 is 5.32 Å². The van der Waals surface area contributed by atoms with Crippen LogP contribution in [0.3, 0.4) is 0 Å². The smallest absolute Gasteiger partial charge is 0.144 e. The Labute approximate surface area is 132 Å². The largest absolute Gasteiger partial charge is 0.369 e. The first-order valence-corrected chi connectivity index (χ1v) is 8.51. The molecule has 0 spiro atoms. The summed E-state index contributed by atoms with van der Waals surface area (Å²) in [4.78, 5) is 13.8. The molecule has 0 aliphatic heterocycles. The highest BCUT2D eigenvalue weighted by Gasteiger charge is 2.12. The van der Waals surface area contributed by atoms with Crippen LogP contribution in [0.2, 0.25) is 0 Å². The van der Waals surface area contributed by atoms with Gasteiger partial charge in [0.1, 0.15) is 16.6 Å². The van der Waals surface area contributed by atoms with Crippen molar-refractivity contribution >= 4 is 33.1 Å². The number of aromatic nitrogens is 3. The van der Waals surface area contributed by atoms with Crippen molar-refractivity contribution in [2.75, 3.05) is 11.9 Å². The van der Waals surface area contributed by atoms with Crippen molar-refractivity contribution in [2.24, 2.45) is 0 Å². The standard InChI is InChI=1S/C14H19BrN4S/c1-4-6-10-13(15)14(16-5-2)19-11(18-10)7-12-17-9(3)8-20-12/h8H,4-7H2,1-3H3,(H,16,18,19). The van der Waals surface area contributed by atoms with Gasteiger partial charge in [0.2, 0.25) is 0 Å². The van der Waals surface area contributed by atoms with Crippen molar-refractivity contribution < 1.29 is 0 Å². The number of hydrogen-bond donors (Lipinski definition) is 1. The number of thiazole rings is 1. The van der Waals surface area contributed by atoms with Gasteiger partial charge in [0.15, 0.2) is 0 Å². The lowest BCUT2D eigenvalue weighted by Gasteiger charge is -2.11. The highest BCUT2D eigenvalue weighted by Crippen LogP contribution is 2.25. The molecule has 0 atom stereocenters. The number of rotatable bonds is 6. The number of nitrogens with zero attached hydrogens (tertiary/aromatic N) is 3. The van der Waals surface area contributed by atoms with Crippen LogP contribution in [0.15, 0.2) is 9.85 Å². The first-order valence-electron chi connectivity index (χ1n) is 6.84. The molecular weight excluding hydrogens is 336 g/mol. The molecule has 0 aliphatic carbocycles. The molecule has 20 heavy (non-hydrogen) atoms. The molecule has 2 aromatic rings. The van der Waals surface area contributed by atoms with E-state index in [1.165, 1.54) is 0 Å². The quantitative estimate of drug-likeness (QED) is 0.852. The lowest BCUT2D eigenvalue weighted by atomic mass is 10.2. The minimum atomic E-state index is 0.695. The molecule has 6 heteroatoms. The molecule has 0 fully saturated rings. The second-order valence-corrected chi connectivity index (χ2v) is 6.32. The molecule has 0 aromatic carbocycles. The number of nitrogens with one attached hydrogen (secondary N) is 1. The van der Waals surface area contributed by atoms with Gasteiger partial charge in [0.25, 0.3) is 0 Å². The number of aryl methyl sites for hydroxylation is 2. The zero-order valence-corrected chi connectivity index (χ0v) is 14.4. The summed E-state index contributed by atoms with van der Waals surface area (Å²) in [6.45, 7) is 7.08. The summed E-state index contributed by atoms with van der Waals surface area (Å²) < 4.78 is 0.986. The van der Waals surface area contributed by atoms with Crippen LogP contribution in [0.1, 0.15) is 42.5 Å². The van der Waals surface area contributed by atoms with Crippen molar-refractivity contribution in [3.8, 4) is 0 Å². The molecule has 2 heterocycles. The Morgan fingerprint density at radius 1 is 1.25 bits per heavy atom. The Bertz CT molecular complexity index is 555. The van der Waals surface area contributed by atoms with E-state index in [0.717, 1.165) is 51.9 Å². The van der Waals surface area contributed by atoms with Crippen LogP contribution >= 0.6 is 27.3 Å². The summed E-state index contributed by atoms with van der Waals surface area (Å²) >= 11 is 5.27. The fourth-order valence-corrected chi connectivity index (χ4v) is 3.21. The van der Waals surface area contributed by atoms with E-state index in [1.54, 1.807) is 11.3 Å². The molecule has 0 aliphatic rings. The number of anilines is 1. The van der Waals surface area contributed by atoms with Crippen LogP contribution in [-0.2, 0) is 12.8 Å². The van der Waals surface area contributed by atoms with Crippen molar-refractivity contribution in [2.45, 2.75) is 40.0 Å². The number of hydrogen-bond acceptors (Lipinski definition) is 5. The summed E-state index contributed by atoms with van der Waals surface area (Å²) in [6, 6.07) is 0. The molecule has 0 bridgehead atoms. The minimum Gasteiger partial charge on any atom is -0.369 e. The van der Waals surface area contributed by atoms with Crippen LogP contribution in [0.25, 0.3) is 0 Å². The van der Waals surface area contributed by atoms with E-state index in [1.807, 2.05) is 6.92 Å². The predicted molar refractivity (Wildman–Crippen MR) is 87.5 cm³/mol. The van der Waals surface area contributed by atoms with Crippen molar-refractivity contribution in [1.82, 2.24) is 15.0 Å². The second kappa shape index (κ2) is 7.13. The lowest BCUT2D eigenvalue weighted by Crippen LogP contribution is -2.08. The fourth-order valence-electron chi connectivity index (χ4n) is 1.93. The predicted octanol–water partition coefficient (Wildman–Crippen LogP) is 3.98. The Morgan fingerprint density at radius 3 is 2.65 bits per heavy atom. The fraction of sp³-hybridized carbons (Fsp3) is 0.500. The highest BCUT2D eigenvalue weighted by molar-refractivity contribution is 9.10. The van der Waals surface area contributed by atoms with Gasteiger partial charge in [-0.3, -0.25) is 0 Å². The van der Waals surface area contributed by atoms with Gasteiger partial charge in [-0.05, 0) is 36.2 Å². The minimum absolute atomic E-state index is 0.695. The van der Waals surface area contributed by atoms with Crippen LogP contribution in [-0.4, -0.2) is 21.5 Å². The van der Waals surface area contributed by atoms with Gasteiger partial charge in [0, 0.05) is 17.6 Å². The normalized spacial score (nSPS) is 10.8. The monoisotopic (exact) mass is 354 g/mol. The molecule has 1 N–H and O–H groups in total. The molecule has 108 valence electrons. The maximum atomic E-state index is 4.68. The van der Waals surface area contributed by atoms with E-state index in [9.17, 15) is 0 Å². The lowest BCUT2D eigenvalue weighted by molar-refractivity contribution is 0.831. The van der Waals surface area contributed by atoms with Crippen LogP contribution in [0.5, 0.6) is 0 Å². The highest BCUT2D eigenvalue weighted by atomic mass is 79.9. The van der Waals surface area contributed by atoms with E-state index in [2.05, 4.69) is 55.4 Å². The average Bonchev–Trinajstić information content (AvgIpc) is 2.81. The summed E-state index contributed by atoms with van der Waals surface area (Å²) in [5.41, 5.74) is 2.13. The third kappa shape index (κ3) is 3.76. The van der Waals surface area contributed by atoms with Gasteiger partial charge in [-0.2, -0.15) is 0 Å². The molecule has 2 aromatic heterocycles. The third-order valence-electron chi connectivity index (χ3n) is 2.77. The van der Waals surface area contributed by atoms with Crippen LogP contribution in [0, 0.1) is 6.92 Å². The van der Waals surface area contributed by atoms with E-state index >= 15 is 0 Å². The van der Waals surface area contributed by atoms with Crippen molar-refractivity contribution in [3.05, 3.63) is 32.1 Å². The Balaban J connectivity index is 2.31. The molecule has 0 amide bonds. The first-order chi connectivity index (χ1) is 9.63. The van der Waals surface area contributed by atoms with Gasteiger partial charge in [0.05, 0.1) is 16.6 Å². The SMILES string of the molecule is CCCc1nc(Cc2nc(C)cs2)nc(NCC)c1Br. The zero-order valence-electron chi connectivity index (χ0n) is 12.0. The maximum Gasteiger partial charge on any atom is 0.144 e. The molecule has 0 saturated carbocycles. The summed E-state index contributed by atoms with van der Waals surface area (Å²) in [5, 5.41) is 6.42. The summed E-state index contributed by atoms with van der Waals surface area (Å²) in [7, 11) is 0. The van der Waals surface area contributed by atoms with Gasteiger partial charge in [-0.15, -0.1) is 11.3 Å². The summed E-state index contributed by atoms with van der Waals surface area (Å²) in [5.74, 6) is 1.72. The maximum absolute atomic E-state index is 4.68. The number of halogens is 1. The molecule has 0 saturated heterocycles. The van der Waals surface area contributed by atoms with Gasteiger partial charge >= 0.3 is 0 Å². The van der Waals surface area contributed by atoms with Gasteiger partial charge in [-0.1, -0.05) is 13.3 Å². The molecule has 0 radical (unpaired) electrons. The van der Waals surface area contributed by atoms with E-state index in [0.29, 0.717) is 6.42 Å². The molecule has 0 unspecified atom stereocenters. The Hall–Kier alpha value is -1.01. The van der Waals surface area contributed by atoms with Crippen molar-refractivity contribution in [1.29, 1.82) is 0 Å². The Morgan fingerprint density at radius 2 is 2.05 bits per heavy atom. The van der Waals surface area contributed by atoms with Crippen molar-refractivity contribution in [3.63, 3.8) is 0 Å². The van der Waals surface area contributed by atoms with Gasteiger partial charge in [-0.25, -0.2) is 15.0 Å². The zero-order chi connectivity index (χ0) is 14.5. The second-order valence-electron chi connectivity index (χ2n) is 4.59. The van der Waals surface area contributed by atoms with E-state index in [4.69, 9.17) is 0 Å². The third-order valence-corrected chi connectivity index (χ3v) is 4.57.